The summed E-state index contributed by atoms with van der Waals surface area (Å²) in [6.07, 6.45) is 22.8. The molecule has 0 saturated carbocycles. The first-order valence-electron chi connectivity index (χ1n) is 8.71. The Balaban J connectivity index is -0.000000144. The molecule has 0 spiro atoms. The zero-order valence-electron chi connectivity index (χ0n) is 18.0. The molecule has 0 aromatic heterocycles. The first-order chi connectivity index (χ1) is 8.91. The molecular formula is C18H39Li3. The van der Waals surface area contributed by atoms with Gasteiger partial charge in [-0.05, 0) is 0 Å². The maximum Gasteiger partial charge on any atom is 1.00 e. The van der Waals surface area contributed by atoms with Crippen molar-refractivity contribution in [3.05, 3.63) is 6.92 Å². The van der Waals surface area contributed by atoms with Crippen molar-refractivity contribution in [3.63, 3.8) is 0 Å². The summed E-state index contributed by atoms with van der Waals surface area (Å²) in [4.78, 5) is 0. The fraction of sp³-hybridized carbons (Fsp3) is 0.944. The van der Waals surface area contributed by atoms with E-state index in [1.54, 1.807) is 0 Å². The predicted molar refractivity (Wildman–Crippen MR) is 87.1 cm³/mol. The van der Waals surface area contributed by atoms with Crippen LogP contribution in [0.3, 0.4) is 0 Å². The Morgan fingerprint density at radius 1 is 0.476 bits per heavy atom. The second kappa shape index (κ2) is 29.8. The van der Waals surface area contributed by atoms with Crippen molar-refractivity contribution in [2.24, 2.45) is 0 Å². The minimum Gasteiger partial charge on any atom is -1.00 e. The van der Waals surface area contributed by atoms with E-state index in [1.807, 2.05) is 0 Å². The average Bonchev–Trinajstić information content (AvgIpc) is 2.39. The third-order valence-electron chi connectivity index (χ3n) is 3.85. The van der Waals surface area contributed by atoms with Crippen LogP contribution in [-0.4, -0.2) is 0 Å². The molecule has 0 atom stereocenters. The van der Waals surface area contributed by atoms with Crippen LogP contribution in [0.2, 0.25) is 0 Å². The van der Waals surface area contributed by atoms with E-state index in [9.17, 15) is 0 Å². The number of unbranched alkanes of at least 4 members (excludes halogenated alkanes) is 15. The van der Waals surface area contributed by atoms with E-state index in [0.717, 1.165) is 6.42 Å². The number of rotatable bonds is 15. The Hall–Kier alpha value is 1.79. The van der Waals surface area contributed by atoms with Crippen LogP contribution in [0.15, 0.2) is 0 Å². The molecular weight excluding hydrogens is 237 g/mol. The Bertz CT molecular complexity index is 134. The van der Waals surface area contributed by atoms with E-state index in [4.69, 9.17) is 0 Å². The van der Waals surface area contributed by atoms with Crippen LogP contribution < -0.4 is 56.6 Å². The largest absolute Gasteiger partial charge is 1.00 e. The fourth-order valence-electron chi connectivity index (χ4n) is 2.55. The maximum atomic E-state index is 3.88. The van der Waals surface area contributed by atoms with E-state index in [2.05, 4.69) is 13.8 Å². The number of hydrogen-bond donors (Lipinski definition) is 0. The molecule has 0 saturated heterocycles. The van der Waals surface area contributed by atoms with Crippen LogP contribution in [0.25, 0.3) is 0 Å². The minimum absolute atomic E-state index is 0. The molecule has 0 amide bonds. The Morgan fingerprint density at radius 2 is 0.714 bits per heavy atom. The van der Waals surface area contributed by atoms with Gasteiger partial charge in [0, 0.05) is 0 Å². The van der Waals surface area contributed by atoms with Gasteiger partial charge in [-0.3, -0.25) is 0 Å². The summed E-state index contributed by atoms with van der Waals surface area (Å²) in [6.45, 7) is 6.18. The first kappa shape index (κ1) is 30.7. The standard InChI is InChI=1S/C18H37.3Li.2H/c1-3-5-7-9-11-13-15-17-18-16-14-12-10-8-6-4-2;;;;;/h1,3-18H2,2H3;;;;;/q-1;3*+1;2*-1. The molecule has 0 heterocycles. The smallest absolute Gasteiger partial charge is 1.00 e. The molecule has 0 aliphatic carbocycles. The van der Waals surface area contributed by atoms with Crippen molar-refractivity contribution >= 4 is 0 Å². The average molecular weight is 276 g/mol. The minimum atomic E-state index is 0. The van der Waals surface area contributed by atoms with Gasteiger partial charge in [0.2, 0.25) is 0 Å². The van der Waals surface area contributed by atoms with Gasteiger partial charge in [0.05, 0.1) is 0 Å². The van der Waals surface area contributed by atoms with Gasteiger partial charge >= 0.3 is 56.6 Å². The van der Waals surface area contributed by atoms with Gasteiger partial charge in [0.1, 0.15) is 0 Å². The molecule has 0 fully saturated rings. The van der Waals surface area contributed by atoms with Crippen LogP contribution in [0.4, 0.5) is 0 Å². The second-order valence-electron chi connectivity index (χ2n) is 5.80. The van der Waals surface area contributed by atoms with Crippen molar-refractivity contribution in [1.29, 1.82) is 0 Å². The van der Waals surface area contributed by atoms with Crippen LogP contribution in [0, 0.1) is 6.92 Å². The van der Waals surface area contributed by atoms with Gasteiger partial charge in [-0.2, -0.15) is 6.42 Å². The Labute approximate surface area is 175 Å². The first-order valence-corrected chi connectivity index (χ1v) is 8.71. The molecule has 0 bridgehead atoms. The van der Waals surface area contributed by atoms with E-state index in [0.29, 0.717) is 0 Å². The summed E-state index contributed by atoms with van der Waals surface area (Å²) in [5, 5.41) is 0. The quantitative estimate of drug-likeness (QED) is 0.190. The van der Waals surface area contributed by atoms with Crippen molar-refractivity contribution < 1.29 is 59.4 Å². The molecule has 0 aromatic rings. The van der Waals surface area contributed by atoms with Crippen LogP contribution in [0.1, 0.15) is 113 Å². The van der Waals surface area contributed by atoms with Gasteiger partial charge < -0.3 is 9.78 Å². The van der Waals surface area contributed by atoms with Gasteiger partial charge in [0.25, 0.3) is 0 Å². The molecule has 114 valence electrons. The third kappa shape index (κ3) is 30.3. The van der Waals surface area contributed by atoms with Gasteiger partial charge in [0.15, 0.2) is 0 Å². The molecule has 3 heteroatoms. The molecule has 0 aromatic carbocycles. The van der Waals surface area contributed by atoms with E-state index >= 15 is 0 Å². The van der Waals surface area contributed by atoms with Crippen LogP contribution in [0.5, 0.6) is 0 Å². The number of hydrogen-bond acceptors (Lipinski definition) is 0. The van der Waals surface area contributed by atoms with Gasteiger partial charge in [-0.25, -0.2) is 0 Å². The molecule has 0 radical (unpaired) electrons. The van der Waals surface area contributed by atoms with Gasteiger partial charge in [-0.1, -0.05) is 103 Å². The third-order valence-corrected chi connectivity index (χ3v) is 3.85. The van der Waals surface area contributed by atoms with Crippen LogP contribution in [-0.2, 0) is 0 Å². The monoisotopic (exact) mass is 276 g/mol. The Kier molecular flexibility index (Phi) is 43.4. The van der Waals surface area contributed by atoms with Crippen molar-refractivity contribution in [3.8, 4) is 0 Å². The van der Waals surface area contributed by atoms with Crippen LogP contribution >= 0.6 is 0 Å². The fourth-order valence-corrected chi connectivity index (χ4v) is 2.55. The zero-order chi connectivity index (χ0) is 13.3. The molecule has 0 aliphatic rings. The van der Waals surface area contributed by atoms with Crippen molar-refractivity contribution in [2.45, 2.75) is 110 Å². The summed E-state index contributed by atoms with van der Waals surface area (Å²) in [7, 11) is 0. The Morgan fingerprint density at radius 3 is 0.952 bits per heavy atom. The summed E-state index contributed by atoms with van der Waals surface area (Å²) >= 11 is 0. The van der Waals surface area contributed by atoms with Crippen molar-refractivity contribution in [1.82, 2.24) is 0 Å². The molecule has 0 aliphatic heterocycles. The van der Waals surface area contributed by atoms with Crippen molar-refractivity contribution in [2.75, 3.05) is 0 Å². The molecule has 0 unspecified atom stereocenters. The molecule has 21 heavy (non-hydrogen) atoms. The summed E-state index contributed by atoms with van der Waals surface area (Å²) in [6, 6.07) is 0. The predicted octanol–water partition coefficient (Wildman–Crippen LogP) is -1.68. The van der Waals surface area contributed by atoms with Gasteiger partial charge in [-0.15, -0.1) is 0 Å². The molecule has 0 nitrogen and oxygen atoms in total. The van der Waals surface area contributed by atoms with E-state index in [-0.39, 0.29) is 59.4 Å². The SMILES string of the molecule is [CH2-]CCCCCCCCCCCCCCCCC.[H-].[H-].[Li+].[Li+].[Li+]. The second-order valence-corrected chi connectivity index (χ2v) is 5.80. The molecule has 0 N–H and O–H groups in total. The van der Waals surface area contributed by atoms with E-state index < -0.39 is 0 Å². The summed E-state index contributed by atoms with van der Waals surface area (Å²) in [5.74, 6) is 0. The maximum absolute atomic E-state index is 3.88. The van der Waals surface area contributed by atoms with E-state index in [1.165, 1.54) is 96.3 Å². The summed E-state index contributed by atoms with van der Waals surface area (Å²) < 4.78 is 0. The normalized spacial score (nSPS) is 9.43. The molecule has 0 rings (SSSR count). The zero-order valence-corrected chi connectivity index (χ0v) is 16.0. The topological polar surface area (TPSA) is 0 Å². The summed E-state index contributed by atoms with van der Waals surface area (Å²) in [5.41, 5.74) is 0.